The lowest BCUT2D eigenvalue weighted by molar-refractivity contribution is 0.0947. The van der Waals surface area contributed by atoms with Crippen molar-refractivity contribution < 1.29 is 4.74 Å². The molecule has 1 heterocycles. The lowest BCUT2D eigenvalue weighted by Gasteiger charge is -2.19. The van der Waals surface area contributed by atoms with Crippen molar-refractivity contribution in [1.29, 1.82) is 0 Å². The summed E-state index contributed by atoms with van der Waals surface area (Å²) in [5.74, 6) is 0. The van der Waals surface area contributed by atoms with E-state index in [1.807, 2.05) is 0 Å². The first-order chi connectivity index (χ1) is 8.37. The van der Waals surface area contributed by atoms with Crippen LogP contribution >= 0.6 is 11.3 Å². The highest BCUT2D eigenvalue weighted by molar-refractivity contribution is 7.11. The quantitative estimate of drug-likeness (QED) is 0.853. The third-order valence-electron chi connectivity index (χ3n) is 2.80. The molecule has 1 unspecified atom stereocenters. The normalized spacial score (nSPS) is 13.9. The van der Waals surface area contributed by atoms with Gasteiger partial charge in [-0.1, -0.05) is 13.3 Å². The van der Waals surface area contributed by atoms with E-state index in [1.165, 1.54) is 4.88 Å². The molecule has 0 saturated carbocycles. The lowest BCUT2D eigenvalue weighted by Crippen LogP contribution is -2.34. The highest BCUT2D eigenvalue weighted by atomic mass is 32.1. The molecule has 1 aromatic rings. The molecular formula is C14H26N2OS. The zero-order chi connectivity index (χ0) is 13.8. The van der Waals surface area contributed by atoms with Crippen LogP contribution in [0, 0.1) is 6.92 Å². The number of hydrogen-bond donors (Lipinski definition) is 1. The maximum atomic E-state index is 5.52. The first-order valence-electron chi connectivity index (χ1n) is 6.61. The van der Waals surface area contributed by atoms with Crippen molar-refractivity contribution >= 4 is 11.3 Å². The molecule has 0 bridgehead atoms. The van der Waals surface area contributed by atoms with Crippen LogP contribution in [-0.4, -0.2) is 17.6 Å². The second-order valence-corrected chi connectivity index (χ2v) is 6.79. The molecule has 0 aromatic carbocycles. The fourth-order valence-electron chi connectivity index (χ4n) is 1.70. The zero-order valence-electron chi connectivity index (χ0n) is 12.5. The van der Waals surface area contributed by atoms with Gasteiger partial charge in [0.05, 0.1) is 5.69 Å². The van der Waals surface area contributed by atoms with Crippen LogP contribution < -0.4 is 5.32 Å². The van der Waals surface area contributed by atoms with Gasteiger partial charge in [-0.05, 0) is 34.1 Å². The van der Waals surface area contributed by atoms with Gasteiger partial charge < -0.3 is 10.1 Å². The summed E-state index contributed by atoms with van der Waals surface area (Å²) in [5, 5.41) is 4.62. The van der Waals surface area contributed by atoms with Crippen LogP contribution in [0.1, 0.15) is 62.2 Å². The van der Waals surface area contributed by atoms with Gasteiger partial charge in [0.25, 0.3) is 0 Å². The molecule has 18 heavy (non-hydrogen) atoms. The molecule has 3 nitrogen and oxygen atoms in total. The highest BCUT2D eigenvalue weighted by Gasteiger charge is 2.17. The smallest absolute Gasteiger partial charge is 0.122 e. The van der Waals surface area contributed by atoms with E-state index < -0.39 is 0 Å². The number of methoxy groups -OCH3 is 1. The van der Waals surface area contributed by atoms with Crippen molar-refractivity contribution in [1.82, 2.24) is 10.3 Å². The second-order valence-electron chi connectivity index (χ2n) is 5.68. The van der Waals surface area contributed by atoms with Gasteiger partial charge in [0, 0.05) is 24.1 Å². The van der Waals surface area contributed by atoms with Crippen molar-refractivity contribution in [3.05, 3.63) is 15.6 Å². The number of hydrogen-bond acceptors (Lipinski definition) is 4. The predicted molar refractivity (Wildman–Crippen MR) is 78.1 cm³/mol. The van der Waals surface area contributed by atoms with Gasteiger partial charge in [0.15, 0.2) is 0 Å². The van der Waals surface area contributed by atoms with Crippen molar-refractivity contribution in [2.75, 3.05) is 7.11 Å². The summed E-state index contributed by atoms with van der Waals surface area (Å²) in [4.78, 5) is 5.97. The zero-order valence-corrected chi connectivity index (χ0v) is 13.3. The van der Waals surface area contributed by atoms with Crippen LogP contribution in [0.5, 0.6) is 0 Å². The second kappa shape index (κ2) is 6.64. The Hall–Kier alpha value is -0.450. The number of aryl methyl sites for hydroxylation is 1. The molecule has 104 valence electrons. The SMILES string of the molecule is CCCC(OC)c1nc(C)c(CNC(C)(C)C)s1. The number of thiazole rings is 1. The maximum Gasteiger partial charge on any atom is 0.122 e. The number of aromatic nitrogens is 1. The van der Waals surface area contributed by atoms with Gasteiger partial charge in [-0.25, -0.2) is 4.98 Å². The average Bonchev–Trinajstić information content (AvgIpc) is 2.64. The predicted octanol–water partition coefficient (Wildman–Crippen LogP) is 3.83. The van der Waals surface area contributed by atoms with Crippen LogP contribution in [0.4, 0.5) is 0 Å². The van der Waals surface area contributed by atoms with E-state index in [9.17, 15) is 0 Å². The van der Waals surface area contributed by atoms with Gasteiger partial charge in [-0.3, -0.25) is 0 Å². The van der Waals surface area contributed by atoms with Gasteiger partial charge in [0.1, 0.15) is 11.1 Å². The Morgan fingerprint density at radius 3 is 2.56 bits per heavy atom. The minimum absolute atomic E-state index is 0.140. The third-order valence-corrected chi connectivity index (χ3v) is 4.05. The summed E-state index contributed by atoms with van der Waals surface area (Å²) in [7, 11) is 1.77. The van der Waals surface area contributed by atoms with E-state index in [-0.39, 0.29) is 11.6 Å². The van der Waals surface area contributed by atoms with Crippen LogP contribution in [0.3, 0.4) is 0 Å². The van der Waals surface area contributed by atoms with Crippen molar-refractivity contribution in [2.24, 2.45) is 0 Å². The minimum Gasteiger partial charge on any atom is -0.374 e. The Labute approximate surface area is 115 Å². The molecule has 4 heteroatoms. The van der Waals surface area contributed by atoms with E-state index >= 15 is 0 Å². The summed E-state index contributed by atoms with van der Waals surface area (Å²) in [6.45, 7) is 11.7. The summed E-state index contributed by atoms with van der Waals surface area (Å²) in [5.41, 5.74) is 1.27. The van der Waals surface area contributed by atoms with Crippen LogP contribution in [0.15, 0.2) is 0 Å². The molecule has 0 aliphatic carbocycles. The molecule has 1 N–H and O–H groups in total. The standard InChI is InChI=1S/C14H26N2OS/c1-7-8-11(17-6)13-16-10(2)12(18-13)9-15-14(3,4)5/h11,15H,7-9H2,1-6H3. The molecule has 0 spiro atoms. The first-order valence-corrected chi connectivity index (χ1v) is 7.43. The Morgan fingerprint density at radius 1 is 1.39 bits per heavy atom. The molecular weight excluding hydrogens is 244 g/mol. The Kier molecular flexibility index (Phi) is 5.76. The average molecular weight is 270 g/mol. The van der Waals surface area contributed by atoms with Gasteiger partial charge >= 0.3 is 0 Å². The largest absolute Gasteiger partial charge is 0.374 e. The lowest BCUT2D eigenvalue weighted by atomic mass is 10.1. The first kappa shape index (κ1) is 15.6. The Bertz CT molecular complexity index is 368. The fourth-order valence-corrected chi connectivity index (χ4v) is 2.82. The fraction of sp³-hybridized carbons (Fsp3) is 0.786. The minimum atomic E-state index is 0.140. The van der Waals surface area contributed by atoms with Crippen LogP contribution in [-0.2, 0) is 11.3 Å². The van der Waals surface area contributed by atoms with Gasteiger partial charge in [-0.2, -0.15) is 0 Å². The molecule has 0 saturated heterocycles. The molecule has 0 aliphatic rings. The highest BCUT2D eigenvalue weighted by Crippen LogP contribution is 2.28. The summed E-state index contributed by atoms with van der Waals surface area (Å²) in [6.07, 6.45) is 2.31. The monoisotopic (exact) mass is 270 g/mol. The maximum absolute atomic E-state index is 5.52. The van der Waals surface area contributed by atoms with E-state index in [0.29, 0.717) is 0 Å². The number of ether oxygens (including phenoxy) is 1. The van der Waals surface area contributed by atoms with Crippen molar-refractivity contribution in [2.45, 2.75) is 65.6 Å². The third kappa shape index (κ3) is 4.67. The van der Waals surface area contributed by atoms with Gasteiger partial charge in [0.2, 0.25) is 0 Å². The van der Waals surface area contributed by atoms with Crippen molar-refractivity contribution in [3.63, 3.8) is 0 Å². The topological polar surface area (TPSA) is 34.1 Å². The number of nitrogens with one attached hydrogen (secondary N) is 1. The summed E-state index contributed by atoms with van der Waals surface area (Å²) in [6, 6.07) is 0. The molecule has 1 atom stereocenters. The number of rotatable bonds is 6. The molecule has 0 amide bonds. The van der Waals surface area contributed by atoms with E-state index in [2.05, 4.69) is 44.9 Å². The van der Waals surface area contributed by atoms with Crippen LogP contribution in [0.25, 0.3) is 0 Å². The van der Waals surface area contributed by atoms with Crippen LogP contribution in [0.2, 0.25) is 0 Å². The van der Waals surface area contributed by atoms with Gasteiger partial charge in [-0.15, -0.1) is 11.3 Å². The number of nitrogens with zero attached hydrogens (tertiary/aromatic N) is 1. The molecule has 0 radical (unpaired) electrons. The molecule has 1 rings (SSSR count). The van der Waals surface area contributed by atoms with E-state index in [4.69, 9.17) is 4.74 Å². The molecule has 0 fully saturated rings. The Morgan fingerprint density at radius 2 is 2.06 bits per heavy atom. The molecule has 1 aromatic heterocycles. The molecule has 0 aliphatic heterocycles. The Balaban J connectivity index is 2.74. The van der Waals surface area contributed by atoms with E-state index in [0.717, 1.165) is 30.1 Å². The summed E-state index contributed by atoms with van der Waals surface area (Å²) < 4.78 is 5.52. The van der Waals surface area contributed by atoms with Crippen molar-refractivity contribution in [3.8, 4) is 0 Å². The van der Waals surface area contributed by atoms with E-state index in [1.54, 1.807) is 18.4 Å². The summed E-state index contributed by atoms with van der Waals surface area (Å²) >= 11 is 1.77.